The van der Waals surface area contributed by atoms with Crippen molar-refractivity contribution in [1.82, 2.24) is 24.2 Å². The fraction of sp³-hybridized carbons (Fsp3) is 0.370. The van der Waals surface area contributed by atoms with E-state index < -0.39 is 14.2 Å². The van der Waals surface area contributed by atoms with Gasteiger partial charge in [0.25, 0.3) is 0 Å². The van der Waals surface area contributed by atoms with Crippen molar-refractivity contribution < 1.29 is 14.6 Å². The van der Waals surface area contributed by atoms with Crippen LogP contribution in [0, 0.1) is 6.92 Å². The van der Waals surface area contributed by atoms with Crippen LogP contribution >= 0.6 is 11.6 Å². The van der Waals surface area contributed by atoms with E-state index in [-0.39, 0.29) is 6.54 Å². The lowest BCUT2D eigenvalue weighted by Crippen LogP contribution is -2.37. The van der Waals surface area contributed by atoms with Crippen LogP contribution in [0.1, 0.15) is 11.3 Å². The van der Waals surface area contributed by atoms with Gasteiger partial charge in [0.05, 0.1) is 23.8 Å². The Hall–Kier alpha value is -3.14. The zero-order chi connectivity index (χ0) is 26.3. The van der Waals surface area contributed by atoms with Gasteiger partial charge in [0.1, 0.15) is 18.1 Å². The summed E-state index contributed by atoms with van der Waals surface area (Å²) >= 11 is 6.63. The first-order valence-corrected chi connectivity index (χ1v) is 16.6. The minimum Gasteiger partial charge on any atom is -0.465 e. The second-order valence-electron chi connectivity index (χ2n) is 10.8. The van der Waals surface area contributed by atoms with Crippen LogP contribution in [0.25, 0.3) is 33.4 Å². The number of hydrogen-bond acceptors (Lipinski definition) is 4. The number of pyridine rings is 1. The van der Waals surface area contributed by atoms with Crippen molar-refractivity contribution in [3.05, 3.63) is 59.0 Å². The second kappa shape index (κ2) is 9.96. The van der Waals surface area contributed by atoms with Crippen molar-refractivity contribution >= 4 is 36.8 Å². The van der Waals surface area contributed by atoms with E-state index in [2.05, 4.69) is 32.8 Å². The molecule has 8 nitrogen and oxygen atoms in total. The Morgan fingerprint density at radius 1 is 1.16 bits per heavy atom. The number of amides is 1. The van der Waals surface area contributed by atoms with Gasteiger partial charge < -0.3 is 19.3 Å². The highest BCUT2D eigenvalue weighted by atomic mass is 35.5. The van der Waals surface area contributed by atoms with Crippen molar-refractivity contribution in [3.63, 3.8) is 0 Å². The third kappa shape index (κ3) is 5.03. The Labute approximate surface area is 222 Å². The Morgan fingerprint density at radius 3 is 2.68 bits per heavy atom. The van der Waals surface area contributed by atoms with Crippen LogP contribution in [0.3, 0.4) is 0 Å². The van der Waals surface area contributed by atoms with Crippen LogP contribution in [0.5, 0.6) is 0 Å². The molecule has 0 atom stereocenters. The van der Waals surface area contributed by atoms with Gasteiger partial charge in [-0.15, -0.1) is 0 Å². The normalized spacial score (nSPS) is 13.8. The molecule has 37 heavy (non-hydrogen) atoms. The molecule has 0 aliphatic carbocycles. The van der Waals surface area contributed by atoms with Gasteiger partial charge in [0.2, 0.25) is 0 Å². The molecule has 0 saturated heterocycles. The number of benzene rings is 1. The van der Waals surface area contributed by atoms with Gasteiger partial charge in [-0.3, -0.25) is 4.68 Å². The van der Waals surface area contributed by atoms with E-state index in [0.29, 0.717) is 24.8 Å². The van der Waals surface area contributed by atoms with Crippen molar-refractivity contribution in [2.24, 2.45) is 0 Å². The summed E-state index contributed by atoms with van der Waals surface area (Å²) in [5.41, 5.74) is 6.19. The summed E-state index contributed by atoms with van der Waals surface area (Å²) in [6.07, 6.45) is 2.94. The van der Waals surface area contributed by atoms with Gasteiger partial charge in [0.15, 0.2) is 0 Å². The molecule has 194 valence electrons. The van der Waals surface area contributed by atoms with Crippen molar-refractivity contribution in [2.75, 3.05) is 13.2 Å². The van der Waals surface area contributed by atoms with Crippen molar-refractivity contribution in [1.29, 1.82) is 0 Å². The fourth-order valence-corrected chi connectivity index (χ4v) is 5.85. The maximum absolute atomic E-state index is 11.9. The summed E-state index contributed by atoms with van der Waals surface area (Å²) in [6.45, 7) is 11.4. The summed E-state index contributed by atoms with van der Waals surface area (Å²) < 4.78 is 10.0. The number of ether oxygens (including phenoxy) is 1. The molecule has 4 heterocycles. The average Bonchev–Trinajstić information content (AvgIpc) is 3.38. The average molecular weight is 538 g/mol. The van der Waals surface area contributed by atoms with E-state index in [4.69, 9.17) is 26.4 Å². The molecule has 0 fully saturated rings. The molecule has 0 bridgehead atoms. The molecule has 1 aromatic carbocycles. The predicted molar refractivity (Wildman–Crippen MR) is 149 cm³/mol. The molecule has 0 spiro atoms. The molecule has 1 aliphatic heterocycles. The number of fused-ring (bicyclic) bond motifs is 2. The van der Waals surface area contributed by atoms with Gasteiger partial charge in [-0.1, -0.05) is 49.4 Å². The number of nitrogens with zero attached hydrogens (tertiary/aromatic N) is 5. The Kier molecular flexibility index (Phi) is 6.87. The molecule has 0 unspecified atom stereocenters. The third-order valence-corrected chi connectivity index (χ3v) is 8.86. The zero-order valence-electron chi connectivity index (χ0n) is 21.7. The smallest absolute Gasteiger partial charge is 0.407 e. The maximum atomic E-state index is 11.9. The van der Waals surface area contributed by atoms with Crippen LogP contribution < -0.4 is 0 Å². The lowest BCUT2D eigenvalue weighted by Gasteiger charge is -2.26. The molecule has 4 aromatic rings. The Balaban J connectivity index is 1.64. The van der Waals surface area contributed by atoms with E-state index in [0.717, 1.165) is 57.3 Å². The van der Waals surface area contributed by atoms with Gasteiger partial charge in [-0.25, -0.2) is 9.78 Å². The monoisotopic (exact) mass is 537 g/mol. The Morgan fingerprint density at radius 2 is 1.95 bits per heavy atom. The van der Waals surface area contributed by atoms with Crippen LogP contribution in [0.4, 0.5) is 4.79 Å². The zero-order valence-corrected chi connectivity index (χ0v) is 23.4. The summed E-state index contributed by atoms with van der Waals surface area (Å²) in [7, 11) is -1.18. The standard InChI is InChI=1S/C27H32ClN5O3Si/c1-18-15-32(17-36-13-14-37(2,3)4)26-23(18)20(9-10-29-26)24-22-16-31(27(34)35)11-12-33(22)30-25(24)19-7-5-6-8-21(19)28/h5-10,15H,11-14,16-17H2,1-4H3,(H,34,35). The first-order valence-electron chi connectivity index (χ1n) is 12.5. The number of aryl methyl sites for hydroxylation is 1. The van der Waals surface area contributed by atoms with Gasteiger partial charge in [-0.05, 0) is 36.2 Å². The summed E-state index contributed by atoms with van der Waals surface area (Å²) in [4.78, 5) is 18.0. The number of hydrogen-bond donors (Lipinski definition) is 1. The van der Waals surface area contributed by atoms with Crippen LogP contribution in [0.15, 0.2) is 42.7 Å². The van der Waals surface area contributed by atoms with Gasteiger partial charge >= 0.3 is 6.09 Å². The summed E-state index contributed by atoms with van der Waals surface area (Å²) in [5, 5.41) is 16.3. The molecule has 0 saturated carbocycles. The molecule has 10 heteroatoms. The van der Waals surface area contributed by atoms with Gasteiger partial charge in [-0.2, -0.15) is 5.10 Å². The molecule has 3 aromatic heterocycles. The minimum absolute atomic E-state index is 0.255. The van der Waals surface area contributed by atoms with E-state index >= 15 is 0 Å². The second-order valence-corrected chi connectivity index (χ2v) is 16.8. The Bertz CT molecular complexity index is 1470. The molecule has 1 aliphatic rings. The molecule has 1 N–H and O–H groups in total. The topological polar surface area (TPSA) is 85.4 Å². The first kappa shape index (κ1) is 25.5. The SMILES string of the molecule is Cc1cn(COCC[Si](C)(C)C)c2nccc(-c3c(-c4ccccc4Cl)nn4c3CN(C(=O)O)CC4)c12. The number of rotatable bonds is 7. The number of carboxylic acid groups (broad SMARTS) is 1. The van der Waals surface area contributed by atoms with Crippen molar-refractivity contribution in [2.45, 2.75) is 52.4 Å². The quantitative estimate of drug-likeness (QED) is 0.220. The fourth-order valence-electron chi connectivity index (χ4n) is 4.87. The molecular weight excluding hydrogens is 506 g/mol. The molecular formula is C27H32ClN5O3Si. The lowest BCUT2D eigenvalue weighted by molar-refractivity contribution is 0.0898. The number of halogens is 1. The molecule has 5 rings (SSSR count). The van der Waals surface area contributed by atoms with Crippen molar-refractivity contribution in [3.8, 4) is 22.4 Å². The molecule has 1 amide bonds. The predicted octanol–water partition coefficient (Wildman–Crippen LogP) is 6.33. The first-order chi connectivity index (χ1) is 17.6. The number of carbonyl (C=O) groups is 1. The maximum Gasteiger partial charge on any atom is 0.407 e. The van der Waals surface area contributed by atoms with E-state index in [1.54, 1.807) is 6.20 Å². The molecule has 0 radical (unpaired) electrons. The van der Waals surface area contributed by atoms with E-state index in [1.165, 1.54) is 4.90 Å². The number of aromatic nitrogens is 4. The minimum atomic E-state index is -1.18. The van der Waals surface area contributed by atoms with Gasteiger partial charge in [0, 0.05) is 50.1 Å². The van der Waals surface area contributed by atoms with E-state index in [9.17, 15) is 9.90 Å². The highest BCUT2D eigenvalue weighted by Gasteiger charge is 2.30. The summed E-state index contributed by atoms with van der Waals surface area (Å²) in [5.74, 6) is 0. The lowest BCUT2D eigenvalue weighted by atomic mass is 9.95. The summed E-state index contributed by atoms with van der Waals surface area (Å²) in [6, 6.07) is 10.7. The van der Waals surface area contributed by atoms with Crippen LogP contribution in [0.2, 0.25) is 30.7 Å². The van der Waals surface area contributed by atoms with Crippen LogP contribution in [-0.4, -0.2) is 56.7 Å². The highest BCUT2D eigenvalue weighted by Crippen LogP contribution is 2.42. The van der Waals surface area contributed by atoms with Crippen LogP contribution in [-0.2, 0) is 24.6 Å². The highest BCUT2D eigenvalue weighted by molar-refractivity contribution is 6.76. The third-order valence-electron chi connectivity index (χ3n) is 6.82. The van der Waals surface area contributed by atoms with E-state index in [1.807, 2.05) is 39.6 Å². The largest absolute Gasteiger partial charge is 0.465 e.